The molecule has 1 aromatic carbocycles. The SMILES string of the molecule is COc1nccc(-c2cc(Cl)ccc2C(C)=O)n1. The van der Waals surface area contributed by atoms with Crippen LogP contribution in [0.4, 0.5) is 0 Å². The minimum Gasteiger partial charge on any atom is -0.467 e. The summed E-state index contributed by atoms with van der Waals surface area (Å²) in [7, 11) is 1.49. The standard InChI is InChI=1S/C13H11ClN2O2/c1-8(17)10-4-3-9(14)7-11(10)12-5-6-15-13(16-12)18-2/h3-7H,1-2H3. The number of hydrogen-bond acceptors (Lipinski definition) is 4. The van der Waals surface area contributed by atoms with Crippen molar-refractivity contribution in [3.8, 4) is 17.3 Å². The lowest BCUT2D eigenvalue weighted by molar-refractivity contribution is 0.101. The van der Waals surface area contributed by atoms with Gasteiger partial charge >= 0.3 is 6.01 Å². The summed E-state index contributed by atoms with van der Waals surface area (Å²) in [5.74, 6) is -0.0424. The van der Waals surface area contributed by atoms with E-state index in [0.29, 0.717) is 21.8 Å². The van der Waals surface area contributed by atoms with Crippen LogP contribution in [-0.2, 0) is 0 Å². The van der Waals surface area contributed by atoms with Crippen molar-refractivity contribution in [3.63, 3.8) is 0 Å². The van der Waals surface area contributed by atoms with Gasteiger partial charge in [0, 0.05) is 22.3 Å². The lowest BCUT2D eigenvalue weighted by atomic mass is 10.0. The summed E-state index contributed by atoms with van der Waals surface area (Å²) in [5, 5.41) is 0.549. The van der Waals surface area contributed by atoms with E-state index in [-0.39, 0.29) is 11.8 Å². The van der Waals surface area contributed by atoms with Crippen LogP contribution in [0, 0.1) is 0 Å². The molecular formula is C13H11ClN2O2. The van der Waals surface area contributed by atoms with E-state index in [1.165, 1.54) is 14.0 Å². The van der Waals surface area contributed by atoms with Crippen molar-refractivity contribution in [1.82, 2.24) is 9.97 Å². The molecule has 0 amide bonds. The average molecular weight is 263 g/mol. The first-order chi connectivity index (χ1) is 8.61. The third-order valence-electron chi connectivity index (χ3n) is 2.45. The van der Waals surface area contributed by atoms with Gasteiger partial charge in [0.1, 0.15) is 0 Å². The minimum absolute atomic E-state index is 0.0424. The molecule has 1 heterocycles. The van der Waals surface area contributed by atoms with Crippen LogP contribution in [0.1, 0.15) is 17.3 Å². The van der Waals surface area contributed by atoms with Crippen molar-refractivity contribution in [1.29, 1.82) is 0 Å². The highest BCUT2D eigenvalue weighted by Gasteiger charge is 2.12. The van der Waals surface area contributed by atoms with E-state index in [2.05, 4.69) is 9.97 Å². The third kappa shape index (κ3) is 2.49. The molecule has 0 fully saturated rings. The van der Waals surface area contributed by atoms with E-state index < -0.39 is 0 Å². The van der Waals surface area contributed by atoms with Gasteiger partial charge in [-0.05, 0) is 31.2 Å². The number of nitrogens with zero attached hydrogens (tertiary/aromatic N) is 2. The summed E-state index contributed by atoms with van der Waals surface area (Å²) >= 11 is 5.96. The van der Waals surface area contributed by atoms with E-state index in [0.717, 1.165) is 0 Å². The number of Topliss-reactive ketones (excluding diaryl/α,β-unsaturated/α-hetero) is 1. The first kappa shape index (κ1) is 12.5. The number of benzene rings is 1. The molecule has 2 rings (SSSR count). The topological polar surface area (TPSA) is 52.1 Å². The lowest BCUT2D eigenvalue weighted by Crippen LogP contribution is -1.99. The highest BCUT2D eigenvalue weighted by Crippen LogP contribution is 2.26. The molecule has 0 saturated carbocycles. The Morgan fingerprint density at radius 3 is 2.78 bits per heavy atom. The van der Waals surface area contributed by atoms with Crippen molar-refractivity contribution in [2.45, 2.75) is 6.92 Å². The summed E-state index contributed by atoms with van der Waals surface area (Å²) in [4.78, 5) is 19.7. The van der Waals surface area contributed by atoms with E-state index in [9.17, 15) is 4.79 Å². The molecule has 0 bridgehead atoms. The second-order valence-electron chi connectivity index (χ2n) is 3.67. The van der Waals surface area contributed by atoms with Gasteiger partial charge in [0.15, 0.2) is 5.78 Å². The van der Waals surface area contributed by atoms with Gasteiger partial charge in [-0.2, -0.15) is 4.98 Å². The number of aromatic nitrogens is 2. The number of methoxy groups -OCH3 is 1. The zero-order chi connectivity index (χ0) is 13.1. The van der Waals surface area contributed by atoms with Crippen LogP contribution >= 0.6 is 11.6 Å². The van der Waals surface area contributed by atoms with Gasteiger partial charge in [-0.25, -0.2) is 4.98 Å². The number of rotatable bonds is 3. The molecule has 0 spiro atoms. The fraction of sp³-hybridized carbons (Fsp3) is 0.154. The van der Waals surface area contributed by atoms with Gasteiger partial charge in [0.2, 0.25) is 0 Å². The first-order valence-electron chi connectivity index (χ1n) is 5.29. The lowest BCUT2D eigenvalue weighted by Gasteiger charge is -2.07. The van der Waals surface area contributed by atoms with Gasteiger partial charge in [0.05, 0.1) is 12.8 Å². The zero-order valence-corrected chi connectivity index (χ0v) is 10.7. The van der Waals surface area contributed by atoms with Crippen molar-refractivity contribution in [2.75, 3.05) is 7.11 Å². The molecule has 0 aliphatic carbocycles. The van der Waals surface area contributed by atoms with E-state index >= 15 is 0 Å². The van der Waals surface area contributed by atoms with Crippen LogP contribution in [0.2, 0.25) is 5.02 Å². The van der Waals surface area contributed by atoms with E-state index in [1.54, 1.807) is 30.5 Å². The monoisotopic (exact) mass is 262 g/mol. The van der Waals surface area contributed by atoms with Gasteiger partial charge < -0.3 is 4.74 Å². The molecule has 0 N–H and O–H groups in total. The molecule has 18 heavy (non-hydrogen) atoms. The van der Waals surface area contributed by atoms with E-state index in [4.69, 9.17) is 16.3 Å². The molecule has 0 aliphatic heterocycles. The number of carbonyl (C=O) groups is 1. The third-order valence-corrected chi connectivity index (χ3v) is 2.69. The Kier molecular flexibility index (Phi) is 3.58. The molecule has 0 saturated heterocycles. The number of halogens is 1. The highest BCUT2D eigenvalue weighted by molar-refractivity contribution is 6.31. The van der Waals surface area contributed by atoms with Gasteiger partial charge in [-0.3, -0.25) is 4.79 Å². The largest absolute Gasteiger partial charge is 0.467 e. The highest BCUT2D eigenvalue weighted by atomic mass is 35.5. The Morgan fingerprint density at radius 2 is 2.11 bits per heavy atom. The van der Waals surface area contributed by atoms with E-state index in [1.807, 2.05) is 0 Å². The van der Waals surface area contributed by atoms with Crippen LogP contribution in [0.3, 0.4) is 0 Å². The number of ether oxygens (including phenoxy) is 1. The molecule has 0 unspecified atom stereocenters. The fourth-order valence-corrected chi connectivity index (χ4v) is 1.80. The van der Waals surface area contributed by atoms with Gasteiger partial charge in [0.25, 0.3) is 0 Å². The van der Waals surface area contributed by atoms with Gasteiger partial charge in [-0.1, -0.05) is 11.6 Å². The van der Waals surface area contributed by atoms with Crippen molar-refractivity contribution < 1.29 is 9.53 Å². The number of carbonyl (C=O) groups excluding carboxylic acids is 1. The van der Waals surface area contributed by atoms with Crippen molar-refractivity contribution >= 4 is 17.4 Å². The van der Waals surface area contributed by atoms with Crippen molar-refractivity contribution in [3.05, 3.63) is 41.0 Å². The molecule has 0 radical (unpaired) electrons. The summed E-state index contributed by atoms with van der Waals surface area (Å²) in [6.45, 7) is 1.51. The predicted octanol–water partition coefficient (Wildman–Crippen LogP) is 3.01. The summed E-state index contributed by atoms with van der Waals surface area (Å²) in [6, 6.07) is 7.04. The Balaban J connectivity index is 2.61. The van der Waals surface area contributed by atoms with Gasteiger partial charge in [-0.15, -0.1) is 0 Å². The smallest absolute Gasteiger partial charge is 0.316 e. The zero-order valence-electron chi connectivity index (χ0n) is 9.98. The Hall–Kier alpha value is -1.94. The first-order valence-corrected chi connectivity index (χ1v) is 5.67. The van der Waals surface area contributed by atoms with Crippen LogP contribution < -0.4 is 4.74 Å². The maximum absolute atomic E-state index is 11.6. The maximum Gasteiger partial charge on any atom is 0.316 e. The molecule has 92 valence electrons. The number of hydrogen-bond donors (Lipinski definition) is 0. The average Bonchev–Trinajstić information content (AvgIpc) is 2.38. The summed E-state index contributed by atoms with van der Waals surface area (Å²) in [5.41, 5.74) is 1.85. The predicted molar refractivity (Wildman–Crippen MR) is 69.0 cm³/mol. The molecule has 1 aromatic heterocycles. The Bertz CT molecular complexity index is 599. The van der Waals surface area contributed by atoms with Crippen molar-refractivity contribution in [2.24, 2.45) is 0 Å². The minimum atomic E-state index is -0.0424. The Labute approximate surface area is 110 Å². The van der Waals surface area contributed by atoms with Crippen LogP contribution in [0.25, 0.3) is 11.3 Å². The quantitative estimate of drug-likeness (QED) is 0.798. The molecule has 0 atom stereocenters. The summed E-state index contributed by atoms with van der Waals surface area (Å²) in [6.07, 6.45) is 1.58. The fourth-order valence-electron chi connectivity index (χ4n) is 1.62. The van der Waals surface area contributed by atoms with Crippen LogP contribution in [-0.4, -0.2) is 22.9 Å². The van der Waals surface area contributed by atoms with Crippen LogP contribution in [0.15, 0.2) is 30.5 Å². The molecule has 4 nitrogen and oxygen atoms in total. The normalized spacial score (nSPS) is 10.2. The molecule has 0 aliphatic rings. The molecule has 5 heteroatoms. The maximum atomic E-state index is 11.6. The second kappa shape index (κ2) is 5.14. The molecule has 2 aromatic rings. The van der Waals surface area contributed by atoms with Crippen LogP contribution in [0.5, 0.6) is 6.01 Å². The number of ketones is 1. The second-order valence-corrected chi connectivity index (χ2v) is 4.11. The Morgan fingerprint density at radius 1 is 1.33 bits per heavy atom. The summed E-state index contributed by atoms with van der Waals surface area (Å²) < 4.78 is 4.97. The molecular weight excluding hydrogens is 252 g/mol.